The van der Waals surface area contributed by atoms with Gasteiger partial charge in [0, 0.05) is 28.2 Å². The van der Waals surface area contributed by atoms with Crippen molar-refractivity contribution in [3.05, 3.63) is 63.6 Å². The van der Waals surface area contributed by atoms with Crippen LogP contribution in [0.3, 0.4) is 0 Å². The number of benzene rings is 2. The van der Waals surface area contributed by atoms with E-state index in [9.17, 15) is 0 Å². The Hall–Kier alpha value is -1.26. The Bertz CT molecular complexity index is 613. The summed E-state index contributed by atoms with van der Waals surface area (Å²) in [7, 11) is 0. The van der Waals surface area contributed by atoms with E-state index in [2.05, 4.69) is 5.32 Å². The van der Waals surface area contributed by atoms with E-state index in [0.29, 0.717) is 16.7 Å². The Morgan fingerprint density at radius 1 is 1.13 bits per heavy atom. The van der Waals surface area contributed by atoms with Crippen LogP contribution in [0.2, 0.25) is 10.0 Å². The fourth-order valence-electron chi connectivity index (χ4n) is 2.10. The molecule has 0 aliphatic heterocycles. The van der Waals surface area contributed by atoms with Gasteiger partial charge in [-0.2, -0.15) is 0 Å². The average Bonchev–Trinajstić information content (AvgIpc) is 2.56. The van der Waals surface area contributed by atoms with Crippen LogP contribution in [0.15, 0.2) is 42.5 Å². The van der Waals surface area contributed by atoms with Gasteiger partial charge in [0.2, 0.25) is 0 Å². The molecule has 2 aromatic rings. The van der Waals surface area contributed by atoms with Crippen molar-refractivity contribution in [2.24, 2.45) is 0 Å². The van der Waals surface area contributed by atoms with Gasteiger partial charge in [-0.25, -0.2) is 0 Å². The maximum absolute atomic E-state index is 9.16. The van der Waals surface area contributed by atoms with Crippen molar-refractivity contribution in [3.8, 4) is 5.75 Å². The van der Waals surface area contributed by atoms with E-state index >= 15 is 0 Å². The molecule has 2 aromatic carbocycles. The van der Waals surface area contributed by atoms with Gasteiger partial charge in [0.15, 0.2) is 0 Å². The zero-order chi connectivity index (χ0) is 16.7. The smallest absolute Gasteiger partial charge is 0.119 e. The van der Waals surface area contributed by atoms with Crippen molar-refractivity contribution in [2.75, 3.05) is 6.61 Å². The summed E-state index contributed by atoms with van der Waals surface area (Å²) >= 11 is 12.0. The van der Waals surface area contributed by atoms with Crippen LogP contribution < -0.4 is 10.1 Å². The first kappa shape index (κ1) is 18.1. The normalized spacial score (nSPS) is 12.2. The molecule has 0 aromatic heterocycles. The van der Waals surface area contributed by atoms with Gasteiger partial charge in [-0.15, -0.1) is 0 Å². The van der Waals surface area contributed by atoms with Crippen LogP contribution in [0.25, 0.3) is 0 Å². The van der Waals surface area contributed by atoms with Crippen LogP contribution in [0.1, 0.15) is 24.5 Å². The lowest BCUT2D eigenvalue weighted by Crippen LogP contribution is -2.31. The minimum absolute atomic E-state index is 0.137. The predicted octanol–water partition coefficient (Wildman–Crippen LogP) is 4.43. The van der Waals surface area contributed by atoms with Crippen molar-refractivity contribution < 1.29 is 9.84 Å². The van der Waals surface area contributed by atoms with E-state index in [1.54, 1.807) is 12.1 Å². The zero-order valence-electron chi connectivity index (χ0n) is 13.1. The number of halogens is 2. The van der Waals surface area contributed by atoms with E-state index in [1.807, 2.05) is 37.3 Å². The van der Waals surface area contributed by atoms with E-state index in [1.165, 1.54) is 0 Å². The van der Waals surface area contributed by atoms with Crippen LogP contribution >= 0.6 is 23.2 Å². The molecule has 0 radical (unpaired) electrons. The third-order valence-corrected chi connectivity index (χ3v) is 4.23. The van der Waals surface area contributed by atoms with Crippen molar-refractivity contribution in [3.63, 3.8) is 0 Å². The molecule has 0 heterocycles. The molecule has 0 bridgehead atoms. The quantitative estimate of drug-likeness (QED) is 0.737. The van der Waals surface area contributed by atoms with Gasteiger partial charge >= 0.3 is 0 Å². The highest BCUT2D eigenvalue weighted by atomic mass is 35.5. The lowest BCUT2D eigenvalue weighted by molar-refractivity contribution is 0.238. The molecule has 1 atom stereocenters. The Labute approximate surface area is 147 Å². The fourth-order valence-corrected chi connectivity index (χ4v) is 2.57. The highest BCUT2D eigenvalue weighted by Gasteiger charge is 2.05. The molecule has 0 aliphatic carbocycles. The first-order valence-corrected chi connectivity index (χ1v) is 8.38. The number of nitrogens with one attached hydrogen (secondary N) is 1. The van der Waals surface area contributed by atoms with Crippen LogP contribution in [0.5, 0.6) is 5.75 Å². The molecule has 0 aliphatic rings. The monoisotopic (exact) mass is 353 g/mol. The molecular weight excluding hydrogens is 333 g/mol. The van der Waals surface area contributed by atoms with Crippen molar-refractivity contribution in [1.29, 1.82) is 0 Å². The van der Waals surface area contributed by atoms with Crippen molar-refractivity contribution in [2.45, 2.75) is 32.5 Å². The molecule has 0 saturated carbocycles. The van der Waals surface area contributed by atoms with Gasteiger partial charge in [0.25, 0.3) is 0 Å². The molecule has 3 nitrogen and oxygen atoms in total. The molecule has 0 saturated heterocycles. The van der Waals surface area contributed by atoms with Gasteiger partial charge in [-0.1, -0.05) is 48.3 Å². The Morgan fingerprint density at radius 3 is 2.48 bits per heavy atom. The lowest BCUT2D eigenvalue weighted by atomic mass is 10.2. The third-order valence-electron chi connectivity index (χ3n) is 3.64. The average molecular weight is 354 g/mol. The molecule has 124 valence electrons. The number of rotatable bonds is 8. The molecule has 0 fully saturated rings. The Kier molecular flexibility index (Phi) is 7.18. The highest BCUT2D eigenvalue weighted by molar-refractivity contribution is 6.35. The first-order chi connectivity index (χ1) is 11.1. The van der Waals surface area contributed by atoms with Crippen LogP contribution in [0.4, 0.5) is 0 Å². The second kappa shape index (κ2) is 9.14. The van der Waals surface area contributed by atoms with Crippen LogP contribution in [0, 0.1) is 0 Å². The fraction of sp³-hybridized carbons (Fsp3) is 0.333. The summed E-state index contributed by atoms with van der Waals surface area (Å²) in [5.74, 6) is 0.786. The molecule has 5 heteroatoms. The molecule has 0 spiro atoms. The summed E-state index contributed by atoms with van der Waals surface area (Å²) in [6, 6.07) is 13.4. The zero-order valence-corrected chi connectivity index (χ0v) is 14.6. The third kappa shape index (κ3) is 5.70. The summed E-state index contributed by atoms with van der Waals surface area (Å²) in [5.41, 5.74) is 2.05. The molecule has 2 rings (SSSR count). The predicted molar refractivity (Wildman–Crippen MR) is 95.2 cm³/mol. The van der Waals surface area contributed by atoms with Crippen molar-refractivity contribution >= 4 is 23.2 Å². The van der Waals surface area contributed by atoms with E-state index in [-0.39, 0.29) is 12.6 Å². The molecule has 23 heavy (non-hydrogen) atoms. The lowest BCUT2D eigenvalue weighted by Gasteiger charge is -2.14. The second-order valence-corrected chi connectivity index (χ2v) is 6.18. The minimum atomic E-state index is 0.137. The topological polar surface area (TPSA) is 41.5 Å². The SMILES string of the molecule is CC[C@H](CO)NCc1ccc(OCc2ccc(Cl)cc2Cl)cc1. The highest BCUT2D eigenvalue weighted by Crippen LogP contribution is 2.22. The minimum Gasteiger partial charge on any atom is -0.489 e. The summed E-state index contributed by atoms with van der Waals surface area (Å²) in [4.78, 5) is 0. The molecule has 2 N–H and O–H groups in total. The second-order valence-electron chi connectivity index (χ2n) is 5.34. The summed E-state index contributed by atoms with van der Waals surface area (Å²) in [6.07, 6.45) is 0.902. The number of hydrogen-bond acceptors (Lipinski definition) is 3. The van der Waals surface area contributed by atoms with Gasteiger partial charge in [0.05, 0.1) is 6.61 Å². The van der Waals surface area contributed by atoms with E-state index < -0.39 is 0 Å². The Morgan fingerprint density at radius 2 is 1.87 bits per heavy atom. The summed E-state index contributed by atoms with van der Waals surface area (Å²) in [5, 5.41) is 13.7. The van der Waals surface area contributed by atoms with Crippen LogP contribution in [-0.4, -0.2) is 17.8 Å². The standard InChI is InChI=1S/C18H21Cl2NO2/c1-2-16(11-22)21-10-13-3-7-17(8-4-13)23-12-14-5-6-15(19)9-18(14)20/h3-9,16,21-22H,2,10-12H2,1H3/t16-/m1/s1. The number of hydrogen-bond donors (Lipinski definition) is 2. The largest absolute Gasteiger partial charge is 0.489 e. The van der Waals surface area contributed by atoms with E-state index in [0.717, 1.165) is 29.8 Å². The molecule has 0 unspecified atom stereocenters. The maximum Gasteiger partial charge on any atom is 0.119 e. The van der Waals surface area contributed by atoms with Gasteiger partial charge in [-0.05, 0) is 36.2 Å². The van der Waals surface area contributed by atoms with Gasteiger partial charge in [-0.3, -0.25) is 0 Å². The number of ether oxygens (including phenoxy) is 1. The van der Waals surface area contributed by atoms with Gasteiger partial charge in [0.1, 0.15) is 12.4 Å². The summed E-state index contributed by atoms with van der Waals surface area (Å²) < 4.78 is 5.75. The summed E-state index contributed by atoms with van der Waals surface area (Å²) in [6.45, 7) is 3.32. The maximum atomic E-state index is 9.16. The first-order valence-electron chi connectivity index (χ1n) is 7.62. The van der Waals surface area contributed by atoms with Gasteiger partial charge < -0.3 is 15.2 Å². The number of aliphatic hydroxyl groups excluding tert-OH is 1. The number of aliphatic hydroxyl groups is 1. The van der Waals surface area contributed by atoms with Crippen molar-refractivity contribution in [1.82, 2.24) is 5.32 Å². The Balaban J connectivity index is 1.87. The van der Waals surface area contributed by atoms with E-state index in [4.69, 9.17) is 33.0 Å². The molecule has 0 amide bonds. The molecular formula is C18H21Cl2NO2. The van der Waals surface area contributed by atoms with Crippen LogP contribution in [-0.2, 0) is 13.2 Å².